The van der Waals surface area contributed by atoms with E-state index in [4.69, 9.17) is 32.7 Å². The van der Waals surface area contributed by atoms with Crippen LogP contribution < -0.4 is 14.8 Å². The van der Waals surface area contributed by atoms with Crippen molar-refractivity contribution in [3.05, 3.63) is 58.1 Å². The number of methoxy groups -OCH3 is 1. The lowest BCUT2D eigenvalue weighted by molar-refractivity contribution is -0.127. The van der Waals surface area contributed by atoms with Crippen molar-refractivity contribution in [1.82, 2.24) is 5.32 Å². The van der Waals surface area contributed by atoms with E-state index in [1.807, 2.05) is 12.1 Å². The molecular formula is C17H17Cl2NO3. The Morgan fingerprint density at radius 2 is 1.87 bits per heavy atom. The summed E-state index contributed by atoms with van der Waals surface area (Å²) in [5.41, 5.74) is 0.786. The van der Waals surface area contributed by atoms with E-state index in [1.165, 1.54) is 0 Å². The quantitative estimate of drug-likeness (QED) is 0.850. The Labute approximate surface area is 145 Å². The Hall–Kier alpha value is -1.91. The highest BCUT2D eigenvalue weighted by atomic mass is 35.5. The molecule has 4 nitrogen and oxygen atoms in total. The molecule has 2 aromatic rings. The fourth-order valence-corrected chi connectivity index (χ4v) is 2.43. The molecule has 0 radical (unpaired) electrons. The van der Waals surface area contributed by atoms with Crippen LogP contribution in [0.15, 0.2) is 42.5 Å². The van der Waals surface area contributed by atoms with Crippen LogP contribution in [0.25, 0.3) is 0 Å². The van der Waals surface area contributed by atoms with Crippen LogP contribution in [0.3, 0.4) is 0 Å². The minimum Gasteiger partial charge on any atom is -0.493 e. The van der Waals surface area contributed by atoms with E-state index in [2.05, 4.69) is 5.32 Å². The van der Waals surface area contributed by atoms with E-state index >= 15 is 0 Å². The summed E-state index contributed by atoms with van der Waals surface area (Å²) in [7, 11) is 1.55. The minimum atomic E-state index is -0.669. The number of rotatable bonds is 6. The molecule has 2 aromatic carbocycles. The van der Waals surface area contributed by atoms with Gasteiger partial charge in [0, 0.05) is 16.6 Å². The van der Waals surface area contributed by atoms with Crippen LogP contribution in [-0.2, 0) is 11.3 Å². The second-order valence-electron chi connectivity index (χ2n) is 4.86. The molecule has 23 heavy (non-hydrogen) atoms. The van der Waals surface area contributed by atoms with E-state index in [0.29, 0.717) is 28.1 Å². The van der Waals surface area contributed by atoms with Crippen LogP contribution in [0.5, 0.6) is 11.5 Å². The Kier molecular flexibility index (Phi) is 6.13. The average molecular weight is 354 g/mol. The Balaban J connectivity index is 1.95. The summed E-state index contributed by atoms with van der Waals surface area (Å²) in [6.07, 6.45) is -0.669. The van der Waals surface area contributed by atoms with Gasteiger partial charge in [0.05, 0.1) is 7.11 Å². The van der Waals surface area contributed by atoms with Crippen LogP contribution in [0.4, 0.5) is 0 Å². The molecule has 6 heteroatoms. The van der Waals surface area contributed by atoms with Crippen LogP contribution in [0.2, 0.25) is 10.0 Å². The fraction of sp³-hybridized carbons (Fsp3) is 0.235. The number of hydrogen-bond donors (Lipinski definition) is 1. The topological polar surface area (TPSA) is 47.6 Å². The number of carbonyl (C=O) groups excluding carboxylic acids is 1. The van der Waals surface area contributed by atoms with Crippen molar-refractivity contribution >= 4 is 29.1 Å². The summed E-state index contributed by atoms with van der Waals surface area (Å²) >= 11 is 11.9. The maximum atomic E-state index is 12.2. The first kappa shape index (κ1) is 17.4. The summed E-state index contributed by atoms with van der Waals surface area (Å²) in [5, 5.41) is 3.85. The molecule has 0 aliphatic heterocycles. The first-order valence-electron chi connectivity index (χ1n) is 7.02. The van der Waals surface area contributed by atoms with Crippen molar-refractivity contribution in [3.63, 3.8) is 0 Å². The van der Waals surface area contributed by atoms with Gasteiger partial charge in [-0.25, -0.2) is 0 Å². The van der Waals surface area contributed by atoms with E-state index in [9.17, 15) is 4.79 Å². The number of carbonyl (C=O) groups is 1. The van der Waals surface area contributed by atoms with Gasteiger partial charge in [-0.15, -0.1) is 0 Å². The smallest absolute Gasteiger partial charge is 0.261 e. The van der Waals surface area contributed by atoms with Gasteiger partial charge in [-0.3, -0.25) is 4.79 Å². The second kappa shape index (κ2) is 8.09. The molecule has 0 bridgehead atoms. The number of amides is 1. The molecule has 0 fully saturated rings. The van der Waals surface area contributed by atoms with Gasteiger partial charge in [-0.1, -0.05) is 41.4 Å². The predicted octanol–water partition coefficient (Wildman–Crippen LogP) is 4.09. The lowest BCUT2D eigenvalue weighted by Gasteiger charge is -2.16. The summed E-state index contributed by atoms with van der Waals surface area (Å²) in [5.74, 6) is 0.844. The molecule has 122 valence electrons. The molecule has 0 aliphatic carbocycles. The van der Waals surface area contributed by atoms with Gasteiger partial charge < -0.3 is 14.8 Å². The van der Waals surface area contributed by atoms with Crippen LogP contribution in [0.1, 0.15) is 12.5 Å². The minimum absolute atomic E-state index is 0.248. The number of para-hydroxylation sites is 2. The fourth-order valence-electron chi connectivity index (χ4n) is 1.95. The van der Waals surface area contributed by atoms with Crippen molar-refractivity contribution in [2.45, 2.75) is 19.6 Å². The summed E-state index contributed by atoms with van der Waals surface area (Å²) in [6.45, 7) is 1.97. The highest BCUT2D eigenvalue weighted by Gasteiger charge is 2.16. The summed E-state index contributed by atoms with van der Waals surface area (Å²) in [4.78, 5) is 12.2. The van der Waals surface area contributed by atoms with Gasteiger partial charge in [0.25, 0.3) is 5.91 Å². The van der Waals surface area contributed by atoms with E-state index in [-0.39, 0.29) is 5.91 Å². The van der Waals surface area contributed by atoms with Gasteiger partial charge in [0.15, 0.2) is 17.6 Å². The first-order chi connectivity index (χ1) is 11.0. The third-order valence-corrected chi connectivity index (χ3v) is 3.80. The molecule has 0 spiro atoms. The molecule has 1 N–H and O–H groups in total. The molecule has 0 saturated carbocycles. The number of nitrogens with one attached hydrogen (secondary N) is 1. The maximum Gasteiger partial charge on any atom is 0.261 e. The Morgan fingerprint density at radius 3 is 2.52 bits per heavy atom. The second-order valence-corrected chi connectivity index (χ2v) is 5.71. The van der Waals surface area contributed by atoms with Crippen molar-refractivity contribution in [2.75, 3.05) is 7.11 Å². The van der Waals surface area contributed by atoms with Gasteiger partial charge in [-0.2, -0.15) is 0 Å². The van der Waals surface area contributed by atoms with Gasteiger partial charge in [0.1, 0.15) is 0 Å². The van der Waals surface area contributed by atoms with Gasteiger partial charge in [0.2, 0.25) is 0 Å². The Bertz CT molecular complexity index is 691. The summed E-state index contributed by atoms with van der Waals surface area (Å²) in [6, 6.07) is 12.3. The van der Waals surface area contributed by atoms with E-state index in [1.54, 1.807) is 44.4 Å². The zero-order valence-corrected chi connectivity index (χ0v) is 14.3. The van der Waals surface area contributed by atoms with Crippen LogP contribution >= 0.6 is 23.2 Å². The molecule has 1 atom stereocenters. The summed E-state index contributed by atoms with van der Waals surface area (Å²) < 4.78 is 10.8. The lowest BCUT2D eigenvalue weighted by atomic mass is 10.2. The SMILES string of the molecule is COc1ccccc1O[C@H](C)C(=O)NCc1ccc(Cl)cc1Cl. The average Bonchev–Trinajstić information content (AvgIpc) is 2.54. The molecule has 0 saturated heterocycles. The lowest BCUT2D eigenvalue weighted by Crippen LogP contribution is -2.36. The van der Waals surface area contributed by atoms with Crippen molar-refractivity contribution < 1.29 is 14.3 Å². The largest absolute Gasteiger partial charge is 0.493 e. The maximum absolute atomic E-state index is 12.2. The first-order valence-corrected chi connectivity index (χ1v) is 7.78. The van der Waals surface area contributed by atoms with Crippen molar-refractivity contribution in [2.24, 2.45) is 0 Å². The highest BCUT2D eigenvalue weighted by molar-refractivity contribution is 6.35. The zero-order valence-electron chi connectivity index (χ0n) is 12.8. The standard InChI is InChI=1S/C17H17Cl2NO3/c1-11(23-16-6-4-3-5-15(16)22-2)17(21)20-10-12-7-8-13(18)9-14(12)19/h3-9,11H,10H2,1-2H3,(H,20,21)/t11-/m1/s1. The molecule has 0 aromatic heterocycles. The van der Waals surface area contributed by atoms with Crippen molar-refractivity contribution in [3.8, 4) is 11.5 Å². The molecular weight excluding hydrogens is 337 g/mol. The monoisotopic (exact) mass is 353 g/mol. The van der Waals surface area contributed by atoms with Crippen LogP contribution in [-0.4, -0.2) is 19.1 Å². The molecule has 0 heterocycles. The van der Waals surface area contributed by atoms with Crippen LogP contribution in [0, 0.1) is 0 Å². The number of benzene rings is 2. The third-order valence-electron chi connectivity index (χ3n) is 3.21. The van der Waals surface area contributed by atoms with Gasteiger partial charge in [-0.05, 0) is 36.8 Å². The highest BCUT2D eigenvalue weighted by Crippen LogP contribution is 2.27. The number of halogens is 2. The zero-order chi connectivity index (χ0) is 16.8. The number of ether oxygens (including phenoxy) is 2. The molecule has 2 rings (SSSR count). The number of hydrogen-bond acceptors (Lipinski definition) is 3. The predicted molar refractivity (Wildman–Crippen MR) is 91.4 cm³/mol. The normalized spacial score (nSPS) is 11.7. The third kappa shape index (κ3) is 4.78. The van der Waals surface area contributed by atoms with Crippen molar-refractivity contribution in [1.29, 1.82) is 0 Å². The molecule has 1 amide bonds. The Morgan fingerprint density at radius 1 is 1.17 bits per heavy atom. The molecule has 0 unspecified atom stereocenters. The van der Waals surface area contributed by atoms with E-state index in [0.717, 1.165) is 5.56 Å². The van der Waals surface area contributed by atoms with Gasteiger partial charge >= 0.3 is 0 Å². The van der Waals surface area contributed by atoms with E-state index < -0.39 is 6.10 Å². The molecule has 0 aliphatic rings.